The Morgan fingerprint density at radius 3 is 2.61 bits per heavy atom. The molecule has 3 aliphatic heterocycles. The number of esters is 1. The Morgan fingerprint density at radius 1 is 1.14 bits per heavy atom. The number of aromatic nitrogens is 1. The van der Waals surface area contributed by atoms with Crippen molar-refractivity contribution in [2.75, 3.05) is 37.6 Å². The van der Waals surface area contributed by atoms with E-state index in [0.29, 0.717) is 0 Å². The van der Waals surface area contributed by atoms with Crippen molar-refractivity contribution < 1.29 is 9.53 Å². The first-order valence-electron chi connectivity index (χ1n) is 11.2. The van der Waals surface area contributed by atoms with E-state index in [-0.39, 0.29) is 17.5 Å². The summed E-state index contributed by atoms with van der Waals surface area (Å²) in [5, 5.41) is 0. The number of pyridine rings is 1. The summed E-state index contributed by atoms with van der Waals surface area (Å²) in [6, 6.07) is 4.34. The van der Waals surface area contributed by atoms with Gasteiger partial charge in [-0.1, -0.05) is 19.3 Å². The molecule has 5 heteroatoms. The first-order valence-corrected chi connectivity index (χ1v) is 11.2. The van der Waals surface area contributed by atoms with Crippen LogP contribution in [0.4, 0.5) is 5.69 Å². The number of ether oxygens (including phenoxy) is 1. The highest BCUT2D eigenvalue weighted by Gasteiger charge is 2.49. The van der Waals surface area contributed by atoms with Crippen LogP contribution in [0.25, 0.3) is 0 Å². The molecule has 0 bridgehead atoms. The number of aryl methyl sites for hydroxylation is 1. The van der Waals surface area contributed by atoms with E-state index >= 15 is 0 Å². The number of hydrogen-bond acceptors (Lipinski definition) is 5. The van der Waals surface area contributed by atoms with Crippen LogP contribution in [-0.2, 0) is 9.53 Å². The van der Waals surface area contributed by atoms with Crippen molar-refractivity contribution in [1.29, 1.82) is 0 Å². The molecule has 3 saturated heterocycles. The van der Waals surface area contributed by atoms with Gasteiger partial charge in [0.2, 0.25) is 0 Å². The van der Waals surface area contributed by atoms with Crippen LogP contribution in [0.15, 0.2) is 18.3 Å². The van der Waals surface area contributed by atoms with Crippen LogP contribution >= 0.6 is 0 Å². The van der Waals surface area contributed by atoms with E-state index in [1.165, 1.54) is 38.0 Å². The molecular weight excluding hydrogens is 350 g/mol. The smallest absolute Gasteiger partial charge is 0.312 e. The number of carbonyl (C=O) groups excluding carboxylic acids is 1. The third kappa shape index (κ3) is 3.42. The number of cyclic esters (lactones) is 1. The van der Waals surface area contributed by atoms with Crippen LogP contribution < -0.4 is 4.90 Å². The molecule has 0 radical (unpaired) electrons. The van der Waals surface area contributed by atoms with Crippen LogP contribution in [0.3, 0.4) is 0 Å². The Hall–Kier alpha value is -1.62. The lowest BCUT2D eigenvalue weighted by Crippen LogP contribution is -2.31. The second-order valence-corrected chi connectivity index (χ2v) is 9.70. The zero-order chi connectivity index (χ0) is 19.1. The minimum Gasteiger partial charge on any atom is -0.462 e. The number of anilines is 1. The molecule has 1 aromatic rings. The van der Waals surface area contributed by atoms with E-state index < -0.39 is 0 Å². The van der Waals surface area contributed by atoms with Crippen molar-refractivity contribution in [3.8, 4) is 0 Å². The van der Waals surface area contributed by atoms with Gasteiger partial charge in [-0.05, 0) is 50.2 Å². The van der Waals surface area contributed by atoms with E-state index in [1.807, 2.05) is 6.20 Å². The molecule has 1 spiro atoms. The second-order valence-electron chi connectivity index (χ2n) is 9.70. The van der Waals surface area contributed by atoms with Crippen LogP contribution in [0, 0.1) is 24.2 Å². The highest BCUT2D eigenvalue weighted by Crippen LogP contribution is 2.46. The summed E-state index contributed by atoms with van der Waals surface area (Å²) in [4.78, 5) is 21.9. The standard InChI is InChI=1S/C23H33N3O2/c1-17-11-20(5-9-24-17)26-15-18-13-25(14-19(18)16-26)10-6-21-12-23(22(27)28-21)7-3-2-4-8-23/h5,9,11,18-19,21H,2-4,6-8,10,12-16H2,1H3/t18?,19?,21-/m0/s1. The average Bonchev–Trinajstić information content (AvgIpc) is 3.33. The third-order valence-electron chi connectivity index (χ3n) is 7.71. The molecule has 2 unspecified atom stereocenters. The van der Waals surface area contributed by atoms with Gasteiger partial charge in [-0.2, -0.15) is 0 Å². The van der Waals surface area contributed by atoms with Gasteiger partial charge in [-0.15, -0.1) is 0 Å². The van der Waals surface area contributed by atoms with E-state index in [2.05, 4.69) is 33.8 Å². The number of nitrogens with zero attached hydrogens (tertiary/aromatic N) is 3. The van der Waals surface area contributed by atoms with Gasteiger partial charge in [-0.25, -0.2) is 0 Å². The number of fused-ring (bicyclic) bond motifs is 1. The molecule has 4 fully saturated rings. The summed E-state index contributed by atoms with van der Waals surface area (Å²) in [5.41, 5.74) is 2.30. The van der Waals surface area contributed by atoms with Crippen LogP contribution in [0.2, 0.25) is 0 Å². The van der Waals surface area contributed by atoms with Gasteiger partial charge in [0.25, 0.3) is 0 Å². The van der Waals surface area contributed by atoms with Crippen molar-refractivity contribution in [3.05, 3.63) is 24.0 Å². The molecule has 0 aromatic carbocycles. The normalized spacial score (nSPS) is 32.1. The summed E-state index contributed by atoms with van der Waals surface area (Å²) >= 11 is 0. The summed E-state index contributed by atoms with van der Waals surface area (Å²) in [5.74, 6) is 1.65. The minimum atomic E-state index is -0.117. The first kappa shape index (κ1) is 18.4. The van der Waals surface area contributed by atoms with Gasteiger partial charge >= 0.3 is 5.97 Å². The molecular formula is C23H33N3O2. The molecule has 1 aliphatic carbocycles. The largest absolute Gasteiger partial charge is 0.462 e. The highest BCUT2D eigenvalue weighted by molar-refractivity contribution is 5.79. The Balaban J connectivity index is 1.11. The summed E-state index contributed by atoms with van der Waals surface area (Å²) in [6.45, 7) is 7.84. The van der Waals surface area contributed by atoms with E-state index in [4.69, 9.17) is 4.74 Å². The maximum atomic E-state index is 12.5. The zero-order valence-corrected chi connectivity index (χ0v) is 17.1. The monoisotopic (exact) mass is 383 g/mol. The number of hydrogen-bond donors (Lipinski definition) is 0. The van der Waals surface area contributed by atoms with Gasteiger partial charge in [0, 0.05) is 56.7 Å². The van der Waals surface area contributed by atoms with Gasteiger partial charge in [0.1, 0.15) is 6.10 Å². The molecule has 28 heavy (non-hydrogen) atoms. The molecule has 152 valence electrons. The zero-order valence-electron chi connectivity index (χ0n) is 17.1. The van der Waals surface area contributed by atoms with Crippen LogP contribution in [-0.4, -0.2) is 54.7 Å². The predicted molar refractivity (Wildman–Crippen MR) is 109 cm³/mol. The molecule has 0 amide bonds. The predicted octanol–water partition coefficient (Wildman–Crippen LogP) is 3.41. The van der Waals surface area contributed by atoms with Crippen molar-refractivity contribution in [2.45, 2.75) is 58.0 Å². The third-order valence-corrected chi connectivity index (χ3v) is 7.71. The lowest BCUT2D eigenvalue weighted by molar-refractivity contribution is -0.150. The fourth-order valence-corrected chi connectivity index (χ4v) is 6.17. The first-order chi connectivity index (χ1) is 13.6. The van der Waals surface area contributed by atoms with Crippen molar-refractivity contribution in [2.24, 2.45) is 17.3 Å². The average molecular weight is 384 g/mol. The molecule has 5 nitrogen and oxygen atoms in total. The lowest BCUT2D eigenvalue weighted by atomic mass is 9.72. The Labute approximate surface area is 168 Å². The Kier molecular flexibility index (Phi) is 4.82. The second kappa shape index (κ2) is 7.33. The number of carbonyl (C=O) groups is 1. The van der Waals surface area contributed by atoms with E-state index in [1.54, 1.807) is 0 Å². The maximum absolute atomic E-state index is 12.5. The summed E-state index contributed by atoms with van der Waals surface area (Å²) < 4.78 is 5.81. The molecule has 4 heterocycles. The van der Waals surface area contributed by atoms with Crippen molar-refractivity contribution >= 4 is 11.7 Å². The maximum Gasteiger partial charge on any atom is 0.312 e. The van der Waals surface area contributed by atoms with Crippen LogP contribution in [0.1, 0.15) is 50.6 Å². The topological polar surface area (TPSA) is 45.7 Å². The van der Waals surface area contributed by atoms with Gasteiger partial charge in [0.15, 0.2) is 0 Å². The molecule has 4 aliphatic rings. The lowest BCUT2D eigenvalue weighted by Gasteiger charge is -2.28. The van der Waals surface area contributed by atoms with Crippen molar-refractivity contribution in [1.82, 2.24) is 9.88 Å². The Morgan fingerprint density at radius 2 is 1.89 bits per heavy atom. The molecule has 5 rings (SSSR count). The quantitative estimate of drug-likeness (QED) is 0.746. The fourth-order valence-electron chi connectivity index (χ4n) is 6.17. The van der Waals surface area contributed by atoms with E-state index in [0.717, 1.165) is 62.8 Å². The molecule has 3 atom stereocenters. The van der Waals surface area contributed by atoms with Gasteiger partial charge in [0.05, 0.1) is 5.41 Å². The number of likely N-dealkylation sites (tertiary alicyclic amines) is 1. The molecule has 1 saturated carbocycles. The van der Waals surface area contributed by atoms with Gasteiger partial charge in [-0.3, -0.25) is 9.78 Å². The van der Waals surface area contributed by atoms with Gasteiger partial charge < -0.3 is 14.5 Å². The minimum absolute atomic E-state index is 0.110. The van der Waals surface area contributed by atoms with Crippen molar-refractivity contribution in [3.63, 3.8) is 0 Å². The summed E-state index contributed by atoms with van der Waals surface area (Å²) in [7, 11) is 0. The number of rotatable bonds is 4. The molecule has 1 aromatic heterocycles. The highest BCUT2D eigenvalue weighted by atomic mass is 16.6. The SMILES string of the molecule is Cc1cc(N2CC3CN(CC[C@H]4CC5(CCCCC5)C(=O)O4)CC3C2)ccn1. The summed E-state index contributed by atoms with van der Waals surface area (Å²) in [6.07, 6.45) is 9.86. The Bertz CT molecular complexity index is 716. The van der Waals surface area contributed by atoms with E-state index in [9.17, 15) is 4.79 Å². The van der Waals surface area contributed by atoms with Crippen LogP contribution in [0.5, 0.6) is 0 Å². The fraction of sp³-hybridized carbons (Fsp3) is 0.739. The molecule has 0 N–H and O–H groups in total.